The summed E-state index contributed by atoms with van der Waals surface area (Å²) in [5.74, 6) is 5.63. The monoisotopic (exact) mass is 248 g/mol. The standard InChI is InChI=1S/C12H16N4S/c1-8-6-14-4-3-10(8)11(16-13)5-12-15-9(2)7-17-12/h3-4,6-7,11,16H,5,13H2,1-2H3. The lowest BCUT2D eigenvalue weighted by Gasteiger charge is -2.16. The lowest BCUT2D eigenvalue weighted by molar-refractivity contribution is 0.547. The van der Waals surface area contributed by atoms with E-state index >= 15 is 0 Å². The molecular formula is C12H16N4S. The van der Waals surface area contributed by atoms with Crippen LogP contribution < -0.4 is 11.3 Å². The fourth-order valence-corrected chi connectivity index (χ4v) is 2.62. The van der Waals surface area contributed by atoms with Crippen molar-refractivity contribution in [2.75, 3.05) is 0 Å². The third kappa shape index (κ3) is 2.88. The van der Waals surface area contributed by atoms with Crippen molar-refractivity contribution in [1.29, 1.82) is 0 Å². The lowest BCUT2D eigenvalue weighted by atomic mass is 10.0. The molecule has 0 saturated heterocycles. The maximum absolute atomic E-state index is 5.63. The Bertz CT molecular complexity index is 495. The fourth-order valence-electron chi connectivity index (χ4n) is 1.80. The van der Waals surface area contributed by atoms with Gasteiger partial charge in [-0.1, -0.05) is 0 Å². The van der Waals surface area contributed by atoms with Crippen molar-refractivity contribution >= 4 is 11.3 Å². The molecule has 0 aliphatic rings. The number of hydrazine groups is 1. The Hall–Kier alpha value is -1.30. The predicted octanol–water partition coefficient (Wildman–Crippen LogP) is 1.90. The van der Waals surface area contributed by atoms with Crippen LogP contribution in [-0.2, 0) is 6.42 Å². The topological polar surface area (TPSA) is 63.8 Å². The second-order valence-electron chi connectivity index (χ2n) is 4.04. The molecule has 90 valence electrons. The van der Waals surface area contributed by atoms with Crippen molar-refractivity contribution in [1.82, 2.24) is 15.4 Å². The zero-order valence-electron chi connectivity index (χ0n) is 9.97. The second-order valence-corrected chi connectivity index (χ2v) is 4.98. The van der Waals surface area contributed by atoms with E-state index < -0.39 is 0 Å². The van der Waals surface area contributed by atoms with E-state index in [0.29, 0.717) is 0 Å². The minimum Gasteiger partial charge on any atom is -0.271 e. The number of aryl methyl sites for hydroxylation is 2. The summed E-state index contributed by atoms with van der Waals surface area (Å²) < 4.78 is 0. The molecule has 0 amide bonds. The number of aromatic nitrogens is 2. The van der Waals surface area contributed by atoms with Crippen molar-refractivity contribution in [2.45, 2.75) is 26.3 Å². The van der Waals surface area contributed by atoms with Crippen LogP contribution in [0.3, 0.4) is 0 Å². The van der Waals surface area contributed by atoms with Crippen LogP contribution in [0.4, 0.5) is 0 Å². The molecule has 3 N–H and O–H groups in total. The maximum Gasteiger partial charge on any atom is 0.0947 e. The molecule has 4 nitrogen and oxygen atoms in total. The summed E-state index contributed by atoms with van der Waals surface area (Å²) in [6, 6.07) is 2.09. The molecule has 2 rings (SSSR count). The van der Waals surface area contributed by atoms with E-state index in [1.165, 1.54) is 5.56 Å². The molecule has 2 aromatic heterocycles. The number of hydrogen-bond donors (Lipinski definition) is 2. The highest BCUT2D eigenvalue weighted by Gasteiger charge is 2.14. The van der Waals surface area contributed by atoms with Crippen molar-refractivity contribution in [2.24, 2.45) is 5.84 Å². The Kier molecular flexibility index (Phi) is 3.83. The van der Waals surface area contributed by atoms with E-state index in [4.69, 9.17) is 5.84 Å². The Labute approximate surface area is 105 Å². The van der Waals surface area contributed by atoms with Crippen LogP contribution >= 0.6 is 11.3 Å². The smallest absolute Gasteiger partial charge is 0.0947 e. The molecule has 0 aliphatic carbocycles. The van der Waals surface area contributed by atoms with Crippen LogP contribution in [-0.4, -0.2) is 9.97 Å². The molecule has 17 heavy (non-hydrogen) atoms. The highest BCUT2D eigenvalue weighted by Crippen LogP contribution is 2.22. The van der Waals surface area contributed by atoms with Crippen LogP contribution in [0.5, 0.6) is 0 Å². The van der Waals surface area contributed by atoms with E-state index in [1.54, 1.807) is 17.5 Å². The van der Waals surface area contributed by atoms with E-state index in [1.807, 2.05) is 26.1 Å². The average Bonchev–Trinajstić information content (AvgIpc) is 2.73. The van der Waals surface area contributed by atoms with Crippen molar-refractivity contribution < 1.29 is 0 Å². The zero-order valence-corrected chi connectivity index (χ0v) is 10.8. The van der Waals surface area contributed by atoms with E-state index in [2.05, 4.69) is 20.8 Å². The molecule has 2 aromatic rings. The summed E-state index contributed by atoms with van der Waals surface area (Å²) in [4.78, 5) is 8.55. The molecule has 5 heteroatoms. The van der Waals surface area contributed by atoms with Gasteiger partial charge in [-0.15, -0.1) is 11.3 Å². The summed E-state index contributed by atoms with van der Waals surface area (Å²) in [6.07, 6.45) is 4.45. The van der Waals surface area contributed by atoms with Gasteiger partial charge >= 0.3 is 0 Å². The van der Waals surface area contributed by atoms with Crippen LogP contribution in [0, 0.1) is 13.8 Å². The first-order chi connectivity index (χ1) is 8.20. The molecule has 0 fully saturated rings. The van der Waals surface area contributed by atoms with Crippen molar-refractivity contribution in [3.8, 4) is 0 Å². The zero-order chi connectivity index (χ0) is 12.3. The van der Waals surface area contributed by atoms with Crippen molar-refractivity contribution in [3.05, 3.63) is 45.7 Å². The lowest BCUT2D eigenvalue weighted by Crippen LogP contribution is -2.30. The largest absolute Gasteiger partial charge is 0.271 e. The van der Waals surface area contributed by atoms with Gasteiger partial charge in [0, 0.05) is 29.9 Å². The number of hydrogen-bond acceptors (Lipinski definition) is 5. The minimum atomic E-state index is 0.0866. The van der Waals surface area contributed by atoms with Gasteiger partial charge in [0.25, 0.3) is 0 Å². The van der Waals surface area contributed by atoms with Gasteiger partial charge in [0.1, 0.15) is 0 Å². The molecule has 0 saturated carbocycles. The number of thiazole rings is 1. The fraction of sp³-hybridized carbons (Fsp3) is 0.333. The maximum atomic E-state index is 5.63. The minimum absolute atomic E-state index is 0.0866. The van der Waals surface area contributed by atoms with Crippen LogP contribution in [0.1, 0.15) is 27.9 Å². The van der Waals surface area contributed by atoms with E-state index in [0.717, 1.165) is 22.7 Å². The van der Waals surface area contributed by atoms with Gasteiger partial charge in [-0.25, -0.2) is 4.98 Å². The molecular weight excluding hydrogens is 232 g/mol. The summed E-state index contributed by atoms with van der Waals surface area (Å²) >= 11 is 1.67. The van der Waals surface area contributed by atoms with Crippen LogP contribution in [0.2, 0.25) is 0 Å². The number of nitrogens with two attached hydrogens (primary N) is 1. The molecule has 0 aromatic carbocycles. The Morgan fingerprint density at radius 3 is 2.88 bits per heavy atom. The van der Waals surface area contributed by atoms with Crippen LogP contribution in [0.25, 0.3) is 0 Å². The first-order valence-corrected chi connectivity index (χ1v) is 6.36. The summed E-state index contributed by atoms with van der Waals surface area (Å²) in [6.45, 7) is 4.04. The van der Waals surface area contributed by atoms with Gasteiger partial charge in [0.15, 0.2) is 0 Å². The Balaban J connectivity index is 2.20. The Morgan fingerprint density at radius 2 is 2.29 bits per heavy atom. The van der Waals surface area contributed by atoms with Gasteiger partial charge in [-0.2, -0.15) is 0 Å². The molecule has 1 atom stereocenters. The second kappa shape index (κ2) is 5.35. The van der Waals surface area contributed by atoms with Gasteiger partial charge in [-0.3, -0.25) is 16.3 Å². The first kappa shape index (κ1) is 12.2. The Morgan fingerprint density at radius 1 is 1.47 bits per heavy atom. The molecule has 2 heterocycles. The van der Waals surface area contributed by atoms with E-state index in [-0.39, 0.29) is 6.04 Å². The number of nitrogens with zero attached hydrogens (tertiary/aromatic N) is 2. The quantitative estimate of drug-likeness (QED) is 0.641. The number of rotatable bonds is 4. The highest BCUT2D eigenvalue weighted by atomic mass is 32.1. The molecule has 1 unspecified atom stereocenters. The average molecular weight is 248 g/mol. The molecule has 0 radical (unpaired) electrons. The van der Waals surface area contributed by atoms with Gasteiger partial charge in [0.05, 0.1) is 11.0 Å². The van der Waals surface area contributed by atoms with Gasteiger partial charge in [-0.05, 0) is 31.0 Å². The number of pyridine rings is 1. The summed E-state index contributed by atoms with van der Waals surface area (Å²) in [5, 5.41) is 3.16. The molecule has 0 aliphatic heterocycles. The third-order valence-electron chi connectivity index (χ3n) is 2.69. The SMILES string of the molecule is Cc1csc(CC(NN)c2ccncc2C)n1. The van der Waals surface area contributed by atoms with Gasteiger partial charge in [0.2, 0.25) is 0 Å². The van der Waals surface area contributed by atoms with Gasteiger partial charge < -0.3 is 0 Å². The molecule has 0 spiro atoms. The van der Waals surface area contributed by atoms with Crippen LogP contribution in [0.15, 0.2) is 23.8 Å². The molecule has 0 bridgehead atoms. The third-order valence-corrected chi connectivity index (χ3v) is 3.67. The van der Waals surface area contributed by atoms with Crippen molar-refractivity contribution in [3.63, 3.8) is 0 Å². The predicted molar refractivity (Wildman–Crippen MR) is 69.6 cm³/mol. The first-order valence-electron chi connectivity index (χ1n) is 5.48. The van der Waals surface area contributed by atoms with E-state index in [9.17, 15) is 0 Å². The highest BCUT2D eigenvalue weighted by molar-refractivity contribution is 7.09. The normalized spacial score (nSPS) is 12.6. The summed E-state index contributed by atoms with van der Waals surface area (Å²) in [5.41, 5.74) is 6.24. The summed E-state index contributed by atoms with van der Waals surface area (Å²) in [7, 11) is 0. The number of nitrogens with one attached hydrogen (secondary N) is 1.